The number of hydrogen-bond acceptors (Lipinski definition) is 3. The zero-order chi connectivity index (χ0) is 20.0. The Bertz CT molecular complexity index is 797. The van der Waals surface area contributed by atoms with Gasteiger partial charge in [0.05, 0.1) is 19.8 Å². The lowest BCUT2D eigenvalue weighted by molar-refractivity contribution is -0.137. The van der Waals surface area contributed by atoms with Crippen molar-refractivity contribution in [2.45, 2.75) is 12.6 Å². The summed E-state index contributed by atoms with van der Waals surface area (Å²) in [6, 6.07) is 10.6. The number of benzene rings is 2. The van der Waals surface area contributed by atoms with Crippen molar-refractivity contribution in [3.8, 4) is 11.5 Å². The summed E-state index contributed by atoms with van der Waals surface area (Å²) in [5.41, 5.74) is 0.609. The third-order valence-corrected chi connectivity index (χ3v) is 4.39. The smallest absolute Gasteiger partial charge is 0.416 e. The van der Waals surface area contributed by atoms with Crippen LogP contribution >= 0.6 is 12.2 Å². The Morgan fingerprint density at radius 1 is 1.07 bits per heavy atom. The second kappa shape index (κ2) is 8.94. The zero-order valence-electron chi connectivity index (χ0n) is 15.3. The van der Waals surface area contributed by atoms with E-state index >= 15 is 0 Å². The van der Waals surface area contributed by atoms with Crippen molar-refractivity contribution in [1.29, 1.82) is 0 Å². The van der Waals surface area contributed by atoms with Crippen LogP contribution in [0.4, 0.5) is 18.9 Å². The highest BCUT2D eigenvalue weighted by Gasteiger charge is 2.30. The van der Waals surface area contributed by atoms with Gasteiger partial charge in [-0.1, -0.05) is 12.1 Å². The minimum atomic E-state index is -4.39. The molecule has 0 spiro atoms. The maximum atomic E-state index is 12.8. The molecule has 27 heavy (non-hydrogen) atoms. The number of likely N-dealkylation sites (N-methyl/N-ethyl adjacent to an activating group) is 1. The first kappa shape index (κ1) is 20.8. The molecule has 0 saturated heterocycles. The molecule has 4 nitrogen and oxygen atoms in total. The number of rotatable bonds is 6. The summed E-state index contributed by atoms with van der Waals surface area (Å²) < 4.78 is 48.9. The molecule has 0 unspecified atom stereocenters. The Labute approximate surface area is 161 Å². The van der Waals surface area contributed by atoms with Gasteiger partial charge in [0.25, 0.3) is 0 Å². The lowest BCUT2D eigenvalue weighted by Crippen LogP contribution is -2.32. The van der Waals surface area contributed by atoms with Crippen LogP contribution < -0.4 is 14.8 Å². The minimum Gasteiger partial charge on any atom is -0.493 e. The quantitative estimate of drug-likeness (QED) is 0.720. The summed E-state index contributed by atoms with van der Waals surface area (Å²) in [5, 5.41) is 3.19. The molecule has 2 rings (SSSR count). The van der Waals surface area contributed by atoms with Crippen LogP contribution in [-0.4, -0.2) is 37.8 Å². The van der Waals surface area contributed by atoms with Gasteiger partial charge in [-0.15, -0.1) is 0 Å². The van der Waals surface area contributed by atoms with E-state index in [1.807, 2.05) is 18.2 Å². The standard InChI is InChI=1S/C19H21F3N2O2S/c1-24(10-9-13-7-8-16(25-2)17(11-13)26-3)18(27)23-15-6-4-5-14(12-15)19(20,21)22/h4-8,11-12H,9-10H2,1-3H3,(H,23,27). The molecule has 0 aliphatic heterocycles. The van der Waals surface area contributed by atoms with E-state index in [0.717, 1.165) is 17.7 Å². The van der Waals surface area contributed by atoms with Crippen LogP contribution in [0.5, 0.6) is 11.5 Å². The molecular formula is C19H21F3N2O2S. The van der Waals surface area contributed by atoms with Crippen molar-refractivity contribution in [3.63, 3.8) is 0 Å². The maximum Gasteiger partial charge on any atom is 0.416 e. The molecule has 0 heterocycles. The minimum absolute atomic E-state index is 0.299. The molecule has 0 aliphatic carbocycles. The summed E-state index contributed by atoms with van der Waals surface area (Å²) >= 11 is 5.29. The molecule has 0 aromatic heterocycles. The van der Waals surface area contributed by atoms with E-state index in [1.54, 1.807) is 32.2 Å². The van der Waals surface area contributed by atoms with Gasteiger partial charge in [-0.3, -0.25) is 0 Å². The second-order valence-electron chi connectivity index (χ2n) is 5.87. The maximum absolute atomic E-state index is 12.8. The van der Waals surface area contributed by atoms with E-state index in [9.17, 15) is 13.2 Å². The molecule has 2 aromatic rings. The molecular weight excluding hydrogens is 377 g/mol. The number of halogens is 3. The molecule has 2 aromatic carbocycles. The Balaban J connectivity index is 1.96. The summed E-state index contributed by atoms with van der Waals surface area (Å²) in [4.78, 5) is 1.77. The monoisotopic (exact) mass is 398 g/mol. The van der Waals surface area contributed by atoms with Gasteiger partial charge in [0, 0.05) is 19.3 Å². The van der Waals surface area contributed by atoms with E-state index in [0.29, 0.717) is 35.3 Å². The Kier molecular flexibility index (Phi) is 6.90. The fraction of sp³-hybridized carbons (Fsp3) is 0.316. The van der Waals surface area contributed by atoms with E-state index in [2.05, 4.69) is 5.32 Å². The second-order valence-corrected chi connectivity index (χ2v) is 6.26. The molecule has 0 bridgehead atoms. The first-order chi connectivity index (χ1) is 12.7. The fourth-order valence-corrected chi connectivity index (χ4v) is 2.64. The summed E-state index contributed by atoms with van der Waals surface area (Å²) in [5.74, 6) is 1.29. The average molecular weight is 398 g/mol. The highest BCUT2D eigenvalue weighted by molar-refractivity contribution is 7.80. The van der Waals surface area contributed by atoms with Gasteiger partial charge < -0.3 is 19.7 Å². The van der Waals surface area contributed by atoms with Gasteiger partial charge in [0.1, 0.15) is 0 Å². The fourth-order valence-electron chi connectivity index (χ4n) is 2.43. The molecule has 0 saturated carbocycles. The number of hydrogen-bond donors (Lipinski definition) is 1. The normalized spacial score (nSPS) is 11.0. The molecule has 0 amide bonds. The van der Waals surface area contributed by atoms with E-state index < -0.39 is 11.7 Å². The van der Waals surface area contributed by atoms with Crippen LogP contribution in [0.3, 0.4) is 0 Å². The first-order valence-corrected chi connectivity index (χ1v) is 8.55. The van der Waals surface area contributed by atoms with Crippen LogP contribution in [0.2, 0.25) is 0 Å². The van der Waals surface area contributed by atoms with E-state index in [4.69, 9.17) is 21.7 Å². The third kappa shape index (κ3) is 5.75. The number of nitrogens with one attached hydrogen (secondary N) is 1. The van der Waals surface area contributed by atoms with Gasteiger partial charge in [0.15, 0.2) is 16.6 Å². The van der Waals surface area contributed by atoms with Crippen LogP contribution in [0, 0.1) is 0 Å². The number of methoxy groups -OCH3 is 2. The molecule has 0 radical (unpaired) electrons. The van der Waals surface area contributed by atoms with Crippen LogP contribution in [0.1, 0.15) is 11.1 Å². The van der Waals surface area contributed by atoms with Gasteiger partial charge in [-0.2, -0.15) is 13.2 Å². The predicted octanol–water partition coefficient (Wildman–Crippen LogP) is 4.59. The largest absolute Gasteiger partial charge is 0.493 e. The van der Waals surface area contributed by atoms with Gasteiger partial charge in [-0.05, 0) is 54.5 Å². The number of alkyl halides is 3. The lowest BCUT2D eigenvalue weighted by atomic mass is 10.1. The van der Waals surface area contributed by atoms with E-state index in [1.165, 1.54) is 6.07 Å². The Morgan fingerprint density at radius 2 is 1.78 bits per heavy atom. The number of ether oxygens (including phenoxy) is 2. The first-order valence-electron chi connectivity index (χ1n) is 8.15. The highest BCUT2D eigenvalue weighted by atomic mass is 32.1. The highest BCUT2D eigenvalue weighted by Crippen LogP contribution is 2.31. The molecule has 0 aliphatic rings. The topological polar surface area (TPSA) is 33.7 Å². The molecule has 146 valence electrons. The van der Waals surface area contributed by atoms with Crippen molar-refractivity contribution in [3.05, 3.63) is 53.6 Å². The number of anilines is 1. The molecule has 1 N–H and O–H groups in total. The van der Waals surface area contributed by atoms with Crippen LogP contribution in [0.25, 0.3) is 0 Å². The summed E-state index contributed by atoms with van der Waals surface area (Å²) in [6.07, 6.45) is -3.71. The number of nitrogens with zero attached hydrogens (tertiary/aromatic N) is 1. The van der Waals surface area contributed by atoms with E-state index in [-0.39, 0.29) is 0 Å². The third-order valence-electron chi connectivity index (χ3n) is 3.97. The molecule has 0 fully saturated rings. The van der Waals surface area contributed by atoms with Gasteiger partial charge in [0.2, 0.25) is 0 Å². The van der Waals surface area contributed by atoms with Gasteiger partial charge >= 0.3 is 6.18 Å². The number of thiocarbonyl (C=S) groups is 1. The van der Waals surface area contributed by atoms with Crippen molar-refractivity contribution < 1.29 is 22.6 Å². The Morgan fingerprint density at radius 3 is 2.41 bits per heavy atom. The Hall–Kier alpha value is -2.48. The summed E-state index contributed by atoms with van der Waals surface area (Å²) in [7, 11) is 4.93. The molecule has 0 atom stereocenters. The lowest BCUT2D eigenvalue weighted by Gasteiger charge is -2.21. The van der Waals surface area contributed by atoms with Gasteiger partial charge in [-0.25, -0.2) is 0 Å². The van der Waals surface area contributed by atoms with Crippen LogP contribution in [-0.2, 0) is 12.6 Å². The van der Waals surface area contributed by atoms with Crippen LogP contribution in [0.15, 0.2) is 42.5 Å². The SMILES string of the molecule is COc1ccc(CCN(C)C(=S)Nc2cccc(C(F)(F)F)c2)cc1OC. The predicted molar refractivity (Wildman–Crippen MR) is 104 cm³/mol. The van der Waals surface area contributed by atoms with Crippen molar-refractivity contribution in [1.82, 2.24) is 4.90 Å². The van der Waals surface area contributed by atoms with Crippen molar-refractivity contribution in [2.75, 3.05) is 33.1 Å². The van der Waals surface area contributed by atoms with Crippen molar-refractivity contribution >= 4 is 23.0 Å². The van der Waals surface area contributed by atoms with Crippen molar-refractivity contribution in [2.24, 2.45) is 0 Å². The summed E-state index contributed by atoms with van der Waals surface area (Å²) in [6.45, 7) is 0.584. The molecule has 8 heteroatoms. The average Bonchev–Trinajstić information content (AvgIpc) is 2.65. The zero-order valence-corrected chi connectivity index (χ0v) is 16.1.